The van der Waals surface area contributed by atoms with Gasteiger partial charge in [-0.15, -0.1) is 0 Å². The number of nitrogens with one attached hydrogen (secondary N) is 1. The number of hydrogen-bond acceptors (Lipinski definition) is 4. The largest absolute Gasteiger partial charge is 0.372 e. The Morgan fingerprint density at radius 2 is 1.79 bits per heavy atom. The minimum absolute atomic E-state index is 0.0686. The van der Waals surface area contributed by atoms with Crippen LogP contribution in [0.2, 0.25) is 0 Å². The summed E-state index contributed by atoms with van der Waals surface area (Å²) in [5, 5.41) is 0. The highest BCUT2D eigenvalue weighted by atomic mass is 79.9. The molecule has 1 fully saturated rings. The number of para-hydroxylation sites is 1. The van der Waals surface area contributed by atoms with Crippen molar-refractivity contribution >= 4 is 37.5 Å². The topological polar surface area (TPSA) is 75.7 Å². The van der Waals surface area contributed by atoms with Gasteiger partial charge in [-0.3, -0.25) is 9.52 Å². The Morgan fingerprint density at radius 3 is 2.46 bits per heavy atom. The Morgan fingerprint density at radius 1 is 1.14 bits per heavy atom. The van der Waals surface area contributed by atoms with Crippen LogP contribution in [0, 0.1) is 6.92 Å². The molecule has 150 valence electrons. The van der Waals surface area contributed by atoms with Crippen molar-refractivity contribution in [2.45, 2.75) is 37.9 Å². The van der Waals surface area contributed by atoms with Crippen LogP contribution in [-0.2, 0) is 14.8 Å². The van der Waals surface area contributed by atoms with Crippen molar-refractivity contribution in [3.63, 3.8) is 0 Å². The smallest absolute Gasteiger partial charge is 0.262 e. The summed E-state index contributed by atoms with van der Waals surface area (Å²) in [6.07, 6.45) is -0.137. The van der Waals surface area contributed by atoms with Gasteiger partial charge in [-0.1, -0.05) is 34.1 Å². The first kappa shape index (κ1) is 20.8. The van der Waals surface area contributed by atoms with Crippen LogP contribution in [0.15, 0.2) is 51.8 Å². The van der Waals surface area contributed by atoms with Crippen LogP contribution in [0.4, 0.5) is 5.69 Å². The maximum absolute atomic E-state index is 13.1. The predicted octanol–water partition coefficient (Wildman–Crippen LogP) is 3.81. The number of sulfonamides is 1. The van der Waals surface area contributed by atoms with E-state index in [2.05, 4.69) is 20.7 Å². The zero-order chi connectivity index (χ0) is 20.5. The number of halogens is 1. The van der Waals surface area contributed by atoms with Gasteiger partial charge < -0.3 is 9.64 Å². The van der Waals surface area contributed by atoms with E-state index < -0.39 is 10.0 Å². The van der Waals surface area contributed by atoms with Gasteiger partial charge in [0, 0.05) is 17.6 Å². The van der Waals surface area contributed by atoms with Crippen molar-refractivity contribution < 1.29 is 17.9 Å². The Kier molecular flexibility index (Phi) is 6.12. The highest BCUT2D eigenvalue weighted by Gasteiger charge is 2.28. The summed E-state index contributed by atoms with van der Waals surface area (Å²) < 4.78 is 34.8. The molecule has 0 bridgehead atoms. The molecule has 1 aliphatic heterocycles. The number of anilines is 1. The summed E-state index contributed by atoms with van der Waals surface area (Å²) in [5.74, 6) is -0.216. The van der Waals surface area contributed by atoms with E-state index in [1.165, 1.54) is 0 Å². The van der Waals surface area contributed by atoms with Crippen molar-refractivity contribution in [1.82, 2.24) is 4.90 Å². The third kappa shape index (κ3) is 4.56. The number of benzene rings is 2. The van der Waals surface area contributed by atoms with Gasteiger partial charge in [0.2, 0.25) is 0 Å². The number of carbonyl (C=O) groups is 1. The third-order valence-corrected chi connectivity index (χ3v) is 6.55. The van der Waals surface area contributed by atoms with E-state index in [1.54, 1.807) is 54.3 Å². The number of carbonyl (C=O) groups excluding carboxylic acids is 1. The van der Waals surface area contributed by atoms with E-state index in [9.17, 15) is 13.2 Å². The normalized spacial score (nSPS) is 20.1. The zero-order valence-corrected chi connectivity index (χ0v) is 18.4. The van der Waals surface area contributed by atoms with E-state index in [0.717, 1.165) is 0 Å². The van der Waals surface area contributed by atoms with Gasteiger partial charge in [0.15, 0.2) is 0 Å². The molecular formula is C20H23BrN2O4S. The molecule has 6 nitrogen and oxygen atoms in total. The number of hydrogen-bond donors (Lipinski definition) is 1. The highest BCUT2D eigenvalue weighted by molar-refractivity contribution is 9.10. The molecule has 0 saturated carbocycles. The van der Waals surface area contributed by atoms with Crippen LogP contribution in [-0.4, -0.2) is 44.5 Å². The standard InChI is InChI=1S/C20H23BrN2O4S/c1-13-8-9-16(21)10-19(13)28(25,26)22-18-7-5-4-6-17(18)20(24)23-11-14(2)27-15(3)12-23/h4-10,14-15,22H,11-12H2,1-3H3. The van der Waals surface area contributed by atoms with Gasteiger partial charge >= 0.3 is 0 Å². The van der Waals surface area contributed by atoms with E-state index in [0.29, 0.717) is 28.7 Å². The molecule has 1 heterocycles. The molecule has 0 aromatic heterocycles. The molecular weight excluding hydrogens is 444 g/mol. The molecule has 0 radical (unpaired) electrons. The minimum Gasteiger partial charge on any atom is -0.372 e. The van der Waals surface area contributed by atoms with E-state index in [-0.39, 0.29) is 28.7 Å². The SMILES string of the molecule is Cc1ccc(Br)cc1S(=O)(=O)Nc1ccccc1C(=O)N1CC(C)OC(C)C1. The Hall–Kier alpha value is -1.90. The van der Waals surface area contributed by atoms with Crippen molar-refractivity contribution in [2.75, 3.05) is 17.8 Å². The highest BCUT2D eigenvalue weighted by Crippen LogP contribution is 2.26. The second-order valence-electron chi connectivity index (χ2n) is 7.03. The second-order valence-corrected chi connectivity index (χ2v) is 9.59. The molecule has 1 amide bonds. The van der Waals surface area contributed by atoms with Gasteiger partial charge in [-0.2, -0.15) is 0 Å². The fourth-order valence-corrected chi connectivity index (χ4v) is 5.20. The number of rotatable bonds is 4. The molecule has 2 aromatic rings. The van der Waals surface area contributed by atoms with E-state index >= 15 is 0 Å². The lowest BCUT2D eigenvalue weighted by Crippen LogP contribution is -2.48. The molecule has 1 N–H and O–H groups in total. The molecule has 0 aliphatic carbocycles. The molecule has 2 aromatic carbocycles. The van der Waals surface area contributed by atoms with Crippen LogP contribution in [0.5, 0.6) is 0 Å². The first-order valence-corrected chi connectivity index (χ1v) is 11.3. The lowest BCUT2D eigenvalue weighted by molar-refractivity contribution is -0.0585. The average Bonchev–Trinajstić information content (AvgIpc) is 2.62. The molecule has 0 spiro atoms. The molecule has 2 unspecified atom stereocenters. The molecule has 1 aliphatic rings. The van der Waals surface area contributed by atoms with Gasteiger partial charge in [-0.25, -0.2) is 8.42 Å². The van der Waals surface area contributed by atoms with Crippen molar-refractivity contribution in [2.24, 2.45) is 0 Å². The fraction of sp³-hybridized carbons (Fsp3) is 0.350. The Labute approximate surface area is 174 Å². The number of aryl methyl sites for hydroxylation is 1. The monoisotopic (exact) mass is 466 g/mol. The van der Waals surface area contributed by atoms with E-state index in [1.807, 2.05) is 13.8 Å². The van der Waals surface area contributed by atoms with Crippen LogP contribution < -0.4 is 4.72 Å². The zero-order valence-electron chi connectivity index (χ0n) is 16.0. The summed E-state index contributed by atoms with van der Waals surface area (Å²) in [5.41, 5.74) is 1.20. The number of amides is 1. The van der Waals surface area contributed by atoms with E-state index in [4.69, 9.17) is 4.74 Å². The molecule has 1 saturated heterocycles. The van der Waals surface area contributed by atoms with Crippen LogP contribution in [0.3, 0.4) is 0 Å². The maximum atomic E-state index is 13.1. The van der Waals surface area contributed by atoms with Crippen LogP contribution in [0.25, 0.3) is 0 Å². The average molecular weight is 467 g/mol. The molecule has 2 atom stereocenters. The number of morpholine rings is 1. The molecule has 8 heteroatoms. The maximum Gasteiger partial charge on any atom is 0.262 e. The fourth-order valence-electron chi connectivity index (χ4n) is 3.34. The molecule has 3 rings (SSSR count). The van der Waals surface area contributed by atoms with Crippen LogP contribution in [0.1, 0.15) is 29.8 Å². The lowest BCUT2D eigenvalue weighted by Gasteiger charge is -2.35. The first-order valence-electron chi connectivity index (χ1n) is 9.00. The van der Waals surface area contributed by atoms with Gasteiger partial charge in [0.05, 0.1) is 28.4 Å². The molecule has 28 heavy (non-hydrogen) atoms. The lowest BCUT2D eigenvalue weighted by atomic mass is 10.1. The van der Waals surface area contributed by atoms with Crippen LogP contribution >= 0.6 is 15.9 Å². The van der Waals surface area contributed by atoms with Crippen molar-refractivity contribution in [1.29, 1.82) is 0 Å². The minimum atomic E-state index is -3.85. The van der Waals surface area contributed by atoms with Gasteiger partial charge in [0.1, 0.15) is 0 Å². The summed E-state index contributed by atoms with van der Waals surface area (Å²) in [4.78, 5) is 15.0. The summed E-state index contributed by atoms with van der Waals surface area (Å²) in [6, 6.07) is 11.7. The van der Waals surface area contributed by atoms with Crippen molar-refractivity contribution in [3.05, 3.63) is 58.1 Å². The third-order valence-electron chi connectivity index (χ3n) is 4.55. The van der Waals surface area contributed by atoms with Gasteiger partial charge in [0.25, 0.3) is 15.9 Å². The summed E-state index contributed by atoms with van der Waals surface area (Å²) in [7, 11) is -3.85. The Bertz CT molecular complexity index is 983. The van der Waals surface area contributed by atoms with Crippen molar-refractivity contribution in [3.8, 4) is 0 Å². The van der Waals surface area contributed by atoms with Gasteiger partial charge in [-0.05, 0) is 50.6 Å². The Balaban J connectivity index is 1.92. The number of nitrogens with zero attached hydrogens (tertiary/aromatic N) is 1. The quantitative estimate of drug-likeness (QED) is 0.742. The first-order chi connectivity index (χ1) is 13.2. The second kappa shape index (κ2) is 8.23. The summed E-state index contributed by atoms with van der Waals surface area (Å²) >= 11 is 3.31. The predicted molar refractivity (Wildman–Crippen MR) is 112 cm³/mol. The summed E-state index contributed by atoms with van der Waals surface area (Å²) in [6.45, 7) is 6.50. The number of ether oxygens (including phenoxy) is 1.